The summed E-state index contributed by atoms with van der Waals surface area (Å²) in [7, 11) is 0. The van der Waals surface area contributed by atoms with Crippen LogP contribution in [0.5, 0.6) is 0 Å². The minimum atomic E-state index is -4.27. The topological polar surface area (TPSA) is 0 Å². The van der Waals surface area contributed by atoms with Gasteiger partial charge in [-0.2, -0.15) is 43.5 Å². The van der Waals surface area contributed by atoms with Crippen LogP contribution in [0, 0.1) is 6.07 Å². The molecular weight excluding hydrogens is 220 g/mol. The number of hydrogen-bond acceptors (Lipinski definition) is 0. The number of hydrogen-bond donors (Lipinski definition) is 0. The Bertz CT molecular complexity index is 460. The van der Waals surface area contributed by atoms with Crippen molar-refractivity contribution in [3.05, 3.63) is 60.2 Å². The third-order valence-electron chi connectivity index (χ3n) is 2.26. The Morgan fingerprint density at radius 1 is 0.765 bits per heavy atom. The molecule has 4 heteroatoms. The Hall–Kier alpha value is -1.17. The monoisotopic (exact) mass is 228 g/mol. The van der Waals surface area contributed by atoms with Gasteiger partial charge >= 0.3 is 25.0 Å². The van der Waals surface area contributed by atoms with Gasteiger partial charge in [-0.05, 0) is 17.7 Å². The van der Waals surface area contributed by atoms with E-state index in [-0.39, 0.29) is 18.9 Å². The number of alkyl halides is 3. The molecule has 0 bridgehead atoms. The molecule has 0 atom stereocenters. The Labute approximate surface area is 110 Å². The first-order valence-electron chi connectivity index (χ1n) is 4.71. The molecule has 0 nitrogen and oxygen atoms in total. The van der Waals surface area contributed by atoms with E-state index in [0.717, 1.165) is 23.3 Å². The van der Waals surface area contributed by atoms with E-state index in [1.54, 1.807) is 12.1 Å². The summed E-state index contributed by atoms with van der Waals surface area (Å²) in [5.41, 5.74) is 1.02. The van der Waals surface area contributed by atoms with Gasteiger partial charge in [0.2, 0.25) is 0 Å². The third kappa shape index (κ3) is 3.39. The molecule has 0 radical (unpaired) electrons. The van der Waals surface area contributed by atoms with Crippen LogP contribution in [0.3, 0.4) is 0 Å². The third-order valence-corrected chi connectivity index (χ3v) is 2.26. The van der Waals surface area contributed by atoms with Crippen molar-refractivity contribution in [3.63, 3.8) is 0 Å². The summed E-state index contributed by atoms with van der Waals surface area (Å²) in [6, 6.07) is 15.1. The van der Waals surface area contributed by atoms with E-state index >= 15 is 0 Å². The van der Waals surface area contributed by atoms with Crippen LogP contribution in [0.4, 0.5) is 13.2 Å². The molecule has 0 N–H and O–H groups in total. The minimum Gasteiger partial charge on any atom is -0.184 e. The molecule has 0 aliphatic heterocycles. The van der Waals surface area contributed by atoms with Crippen LogP contribution in [-0.2, 0) is 6.18 Å². The van der Waals surface area contributed by atoms with Crippen molar-refractivity contribution in [1.82, 2.24) is 0 Å². The molecular formula is C13H8F3Li. The van der Waals surface area contributed by atoms with Gasteiger partial charge in [0.05, 0.1) is 5.56 Å². The maximum atomic E-state index is 12.3. The van der Waals surface area contributed by atoms with E-state index in [1.807, 2.05) is 12.1 Å². The summed E-state index contributed by atoms with van der Waals surface area (Å²) in [4.78, 5) is 0. The van der Waals surface area contributed by atoms with Crippen molar-refractivity contribution >= 4 is 0 Å². The summed E-state index contributed by atoms with van der Waals surface area (Å²) < 4.78 is 37.0. The zero-order chi connectivity index (χ0) is 11.6. The standard InChI is InChI=1S/C13H8F3.Li/c14-13(15,16)12-8-6-11(7-9-12)10-4-2-1-3-5-10;/h2-9H;/q-1;+1. The minimum absolute atomic E-state index is 0. The molecule has 0 saturated carbocycles. The van der Waals surface area contributed by atoms with Crippen molar-refractivity contribution in [1.29, 1.82) is 0 Å². The van der Waals surface area contributed by atoms with Crippen LogP contribution in [0.25, 0.3) is 11.1 Å². The Kier molecular flexibility index (Phi) is 4.45. The van der Waals surface area contributed by atoms with Gasteiger partial charge in [-0.3, -0.25) is 0 Å². The van der Waals surface area contributed by atoms with Crippen LogP contribution < -0.4 is 18.9 Å². The smallest absolute Gasteiger partial charge is 0.184 e. The van der Waals surface area contributed by atoms with Crippen molar-refractivity contribution in [2.75, 3.05) is 0 Å². The fourth-order valence-corrected chi connectivity index (χ4v) is 1.43. The van der Waals surface area contributed by atoms with Gasteiger partial charge in [0.15, 0.2) is 0 Å². The fraction of sp³-hybridized carbons (Fsp3) is 0.0769. The summed E-state index contributed by atoms with van der Waals surface area (Å²) in [5.74, 6) is 0. The number of rotatable bonds is 1. The molecule has 2 rings (SSSR count). The van der Waals surface area contributed by atoms with Gasteiger partial charge in [0.25, 0.3) is 0 Å². The first-order chi connectivity index (χ1) is 7.57. The summed E-state index contributed by atoms with van der Waals surface area (Å²) >= 11 is 0. The molecule has 2 aromatic rings. The molecule has 0 aromatic heterocycles. The Morgan fingerprint density at radius 3 is 1.71 bits per heavy atom. The zero-order valence-corrected chi connectivity index (χ0v) is 9.25. The second kappa shape index (κ2) is 5.44. The van der Waals surface area contributed by atoms with Gasteiger partial charge in [-0.15, -0.1) is 5.56 Å². The summed E-state index contributed by atoms with van der Waals surface area (Å²) in [6.45, 7) is 0. The van der Waals surface area contributed by atoms with E-state index in [1.165, 1.54) is 12.1 Å². The largest absolute Gasteiger partial charge is 1.00 e. The molecule has 0 aliphatic carbocycles. The predicted molar refractivity (Wildman–Crippen MR) is 55.7 cm³/mol. The fourth-order valence-electron chi connectivity index (χ4n) is 1.43. The second-order valence-corrected chi connectivity index (χ2v) is 3.36. The molecule has 0 spiro atoms. The van der Waals surface area contributed by atoms with Gasteiger partial charge in [0, 0.05) is 0 Å². The first-order valence-corrected chi connectivity index (χ1v) is 4.71. The number of halogens is 3. The maximum absolute atomic E-state index is 12.3. The van der Waals surface area contributed by atoms with Gasteiger partial charge in [-0.25, -0.2) is 0 Å². The molecule has 0 saturated heterocycles. The average Bonchev–Trinajstić information content (AvgIpc) is 2.29. The second-order valence-electron chi connectivity index (χ2n) is 3.36. The normalized spacial score (nSPS) is 10.8. The molecule has 82 valence electrons. The molecule has 17 heavy (non-hydrogen) atoms. The SMILES string of the molecule is FC(F)(F)c1ccc(-c2cc[c-]cc2)cc1.[Li+]. The van der Waals surface area contributed by atoms with Crippen molar-refractivity contribution in [2.24, 2.45) is 0 Å². The average molecular weight is 228 g/mol. The summed E-state index contributed by atoms with van der Waals surface area (Å²) in [6.07, 6.45) is -4.27. The van der Waals surface area contributed by atoms with Crippen LogP contribution >= 0.6 is 0 Å². The zero-order valence-electron chi connectivity index (χ0n) is 9.25. The molecule has 0 unspecified atom stereocenters. The van der Waals surface area contributed by atoms with Gasteiger partial charge < -0.3 is 0 Å². The molecule has 0 amide bonds. The van der Waals surface area contributed by atoms with Crippen LogP contribution in [0.2, 0.25) is 0 Å². The Morgan fingerprint density at radius 2 is 1.24 bits per heavy atom. The molecule has 0 fully saturated rings. The van der Waals surface area contributed by atoms with E-state index in [2.05, 4.69) is 6.07 Å². The van der Waals surface area contributed by atoms with Crippen molar-refractivity contribution < 1.29 is 32.0 Å². The van der Waals surface area contributed by atoms with E-state index in [9.17, 15) is 13.2 Å². The first kappa shape index (κ1) is 13.9. The van der Waals surface area contributed by atoms with Crippen molar-refractivity contribution in [2.45, 2.75) is 6.18 Å². The molecule has 0 aliphatic rings. The van der Waals surface area contributed by atoms with Crippen LogP contribution in [0.1, 0.15) is 5.56 Å². The van der Waals surface area contributed by atoms with E-state index in [0.29, 0.717) is 0 Å². The van der Waals surface area contributed by atoms with Crippen LogP contribution in [-0.4, -0.2) is 0 Å². The number of benzene rings is 2. The summed E-state index contributed by atoms with van der Waals surface area (Å²) in [5, 5.41) is 0. The van der Waals surface area contributed by atoms with Crippen LogP contribution in [0.15, 0.2) is 48.5 Å². The molecule has 0 heterocycles. The van der Waals surface area contributed by atoms with E-state index < -0.39 is 11.7 Å². The van der Waals surface area contributed by atoms with Crippen molar-refractivity contribution in [3.8, 4) is 11.1 Å². The van der Waals surface area contributed by atoms with E-state index in [4.69, 9.17) is 0 Å². The Balaban J connectivity index is 0.00000144. The quantitative estimate of drug-likeness (QED) is 0.508. The van der Waals surface area contributed by atoms with Gasteiger partial charge in [0.1, 0.15) is 0 Å². The van der Waals surface area contributed by atoms with Gasteiger partial charge in [-0.1, -0.05) is 12.1 Å². The molecule has 2 aromatic carbocycles. The predicted octanol–water partition coefficient (Wildman–Crippen LogP) is 1.18. The maximum Gasteiger partial charge on any atom is 1.00 e.